The van der Waals surface area contributed by atoms with Crippen molar-refractivity contribution in [2.45, 2.75) is 62.4 Å². The summed E-state index contributed by atoms with van der Waals surface area (Å²) in [6.45, 7) is 4.18. The van der Waals surface area contributed by atoms with Gasteiger partial charge in [0.1, 0.15) is 16.3 Å². The van der Waals surface area contributed by atoms with Crippen molar-refractivity contribution in [1.29, 1.82) is 0 Å². The Balaban J connectivity index is 1.89. The molecule has 3 rings (SSSR count). The maximum Gasteiger partial charge on any atom is 0.349 e. The Bertz CT molecular complexity index is 967. The number of aliphatic carboxylic acids is 1. The molecule has 164 valence electrons. The molecule has 1 heterocycles. The van der Waals surface area contributed by atoms with Crippen LogP contribution < -0.4 is 0 Å². The number of hydrogen-bond acceptors (Lipinski definition) is 5. The molecule has 0 spiro atoms. The average molecular weight is 441 g/mol. The van der Waals surface area contributed by atoms with Gasteiger partial charge in [0.2, 0.25) is 0 Å². The number of benzene rings is 2. The van der Waals surface area contributed by atoms with Crippen molar-refractivity contribution in [3.63, 3.8) is 0 Å². The van der Waals surface area contributed by atoms with Gasteiger partial charge in [0, 0.05) is 11.3 Å². The van der Waals surface area contributed by atoms with E-state index in [0.717, 1.165) is 16.0 Å². The molecule has 1 aliphatic rings. The number of unbranched alkanes of at least 4 members (excludes halogenated alkanes) is 1. The summed E-state index contributed by atoms with van der Waals surface area (Å²) in [5.41, 5.74) is 0.911. The van der Waals surface area contributed by atoms with Crippen LogP contribution in [-0.4, -0.2) is 22.2 Å². The first-order valence-electron chi connectivity index (χ1n) is 10.5. The molecule has 1 unspecified atom stereocenters. The lowest BCUT2D eigenvalue weighted by Crippen LogP contribution is -2.37. The number of carbonyl (C=O) groups is 2. The molecular weight excluding hydrogens is 412 g/mol. The van der Waals surface area contributed by atoms with Crippen molar-refractivity contribution in [2.24, 2.45) is 0 Å². The number of carboxylic acids is 1. The van der Waals surface area contributed by atoms with Gasteiger partial charge in [-0.25, -0.2) is 4.79 Å². The fourth-order valence-corrected chi connectivity index (χ4v) is 4.97. The predicted molar refractivity (Wildman–Crippen MR) is 121 cm³/mol. The van der Waals surface area contributed by atoms with Gasteiger partial charge in [-0.15, -0.1) is 0 Å². The summed E-state index contributed by atoms with van der Waals surface area (Å²) in [4.78, 5) is 25.1. The van der Waals surface area contributed by atoms with E-state index in [1.54, 1.807) is 0 Å². The summed E-state index contributed by atoms with van der Waals surface area (Å²) in [6.07, 6.45) is 1.73. The summed E-state index contributed by atoms with van der Waals surface area (Å²) >= 11 is 1.24. The lowest BCUT2D eigenvalue weighted by atomic mass is 9.83. The van der Waals surface area contributed by atoms with Gasteiger partial charge in [-0.05, 0) is 42.4 Å². The third-order valence-electron chi connectivity index (χ3n) is 5.46. The fraction of sp³-hybridized carbons (Fsp3) is 0.360. The zero-order valence-electron chi connectivity index (χ0n) is 17.8. The van der Waals surface area contributed by atoms with Crippen LogP contribution in [0, 0.1) is 0 Å². The topological polar surface area (TPSA) is 83.8 Å². The second-order valence-corrected chi connectivity index (χ2v) is 9.15. The molecule has 0 aromatic heterocycles. The number of cyclic esters (lactones) is 1. The SMILES string of the molecule is CC(C)c1ccccc1SC1=C(O)CC(CCCCC(=O)O)(c2ccccc2)OC1=O. The average Bonchev–Trinajstić information content (AvgIpc) is 2.74. The highest BCUT2D eigenvalue weighted by molar-refractivity contribution is 8.04. The number of carbonyl (C=O) groups excluding carboxylic acids is 1. The van der Waals surface area contributed by atoms with Gasteiger partial charge in [0.05, 0.1) is 6.42 Å². The minimum atomic E-state index is -0.997. The van der Waals surface area contributed by atoms with Crippen LogP contribution in [0.1, 0.15) is 63.0 Å². The van der Waals surface area contributed by atoms with Gasteiger partial charge in [-0.1, -0.05) is 74.1 Å². The molecule has 6 heteroatoms. The summed E-state index contributed by atoms with van der Waals surface area (Å²) in [6, 6.07) is 17.2. The highest BCUT2D eigenvalue weighted by Gasteiger charge is 2.43. The molecule has 0 saturated heterocycles. The number of aliphatic hydroxyl groups excluding tert-OH is 1. The van der Waals surface area contributed by atoms with Crippen molar-refractivity contribution >= 4 is 23.7 Å². The summed E-state index contributed by atoms with van der Waals surface area (Å²) in [5, 5.41) is 19.9. The molecule has 0 amide bonds. The van der Waals surface area contributed by atoms with Gasteiger partial charge in [0.25, 0.3) is 0 Å². The van der Waals surface area contributed by atoms with Crippen LogP contribution in [0.4, 0.5) is 0 Å². The van der Waals surface area contributed by atoms with E-state index in [4.69, 9.17) is 9.84 Å². The molecule has 0 aliphatic carbocycles. The van der Waals surface area contributed by atoms with Gasteiger partial charge in [0.15, 0.2) is 0 Å². The Morgan fingerprint density at radius 2 is 1.77 bits per heavy atom. The van der Waals surface area contributed by atoms with Crippen LogP contribution in [0.5, 0.6) is 0 Å². The van der Waals surface area contributed by atoms with Crippen LogP contribution in [-0.2, 0) is 19.9 Å². The number of esters is 1. The fourth-order valence-electron chi connectivity index (χ4n) is 3.86. The lowest BCUT2D eigenvalue weighted by molar-refractivity contribution is -0.160. The Hall–Kier alpha value is -2.73. The molecule has 2 N–H and O–H groups in total. The highest BCUT2D eigenvalue weighted by atomic mass is 32.2. The van der Waals surface area contributed by atoms with Crippen molar-refractivity contribution in [2.75, 3.05) is 0 Å². The van der Waals surface area contributed by atoms with E-state index in [2.05, 4.69) is 13.8 Å². The van der Waals surface area contributed by atoms with Crippen molar-refractivity contribution in [3.8, 4) is 0 Å². The summed E-state index contributed by atoms with van der Waals surface area (Å²) in [5.74, 6) is -1.10. The number of rotatable bonds is 9. The van der Waals surface area contributed by atoms with Crippen molar-refractivity contribution in [1.82, 2.24) is 0 Å². The molecule has 5 nitrogen and oxygen atoms in total. The Morgan fingerprint density at radius 1 is 1.10 bits per heavy atom. The number of ether oxygens (including phenoxy) is 1. The largest absolute Gasteiger partial charge is 0.511 e. The molecule has 0 fully saturated rings. The van der Waals surface area contributed by atoms with Gasteiger partial charge >= 0.3 is 11.9 Å². The molecule has 0 radical (unpaired) electrons. The molecule has 31 heavy (non-hydrogen) atoms. The zero-order chi connectivity index (χ0) is 22.4. The predicted octanol–water partition coefficient (Wildman–Crippen LogP) is 6.16. The zero-order valence-corrected chi connectivity index (χ0v) is 18.7. The number of hydrogen-bond donors (Lipinski definition) is 2. The van der Waals surface area contributed by atoms with Crippen molar-refractivity contribution < 1.29 is 24.5 Å². The smallest absolute Gasteiger partial charge is 0.349 e. The Labute approximate surface area is 187 Å². The monoisotopic (exact) mass is 440 g/mol. The molecular formula is C25H28O5S. The molecule has 2 aromatic rings. The van der Waals surface area contributed by atoms with Crippen LogP contribution in [0.15, 0.2) is 70.2 Å². The first-order valence-corrected chi connectivity index (χ1v) is 11.3. The lowest BCUT2D eigenvalue weighted by Gasteiger charge is -2.37. The first-order chi connectivity index (χ1) is 14.8. The Morgan fingerprint density at radius 3 is 2.42 bits per heavy atom. The first kappa shape index (κ1) is 22.9. The van der Waals surface area contributed by atoms with E-state index in [0.29, 0.717) is 19.3 Å². The third kappa shape index (κ3) is 5.50. The molecule has 1 aliphatic heterocycles. The standard InChI is InChI=1S/C25H28O5S/c1-17(2)19-12-6-7-13-21(19)31-23-20(26)16-25(30-24(23)29,15-9-8-14-22(27)28)18-10-4-3-5-11-18/h3-7,10-13,17,26H,8-9,14-16H2,1-2H3,(H,27,28). The van der Waals surface area contributed by atoms with E-state index >= 15 is 0 Å². The van der Waals surface area contributed by atoms with E-state index in [1.807, 2.05) is 54.6 Å². The van der Waals surface area contributed by atoms with E-state index < -0.39 is 17.5 Å². The quantitative estimate of drug-likeness (QED) is 0.359. The van der Waals surface area contributed by atoms with Crippen LogP contribution in [0.3, 0.4) is 0 Å². The van der Waals surface area contributed by atoms with Crippen LogP contribution in [0.25, 0.3) is 0 Å². The highest BCUT2D eigenvalue weighted by Crippen LogP contribution is 2.46. The van der Waals surface area contributed by atoms with Gasteiger partial charge in [-0.2, -0.15) is 0 Å². The number of thioether (sulfide) groups is 1. The minimum Gasteiger partial charge on any atom is -0.511 e. The normalized spacial score (nSPS) is 18.9. The summed E-state index contributed by atoms with van der Waals surface area (Å²) in [7, 11) is 0. The third-order valence-corrected chi connectivity index (χ3v) is 6.66. The molecule has 2 aromatic carbocycles. The van der Waals surface area contributed by atoms with Gasteiger partial charge in [-0.3, -0.25) is 4.79 Å². The second-order valence-electron chi connectivity index (χ2n) is 8.10. The molecule has 0 bridgehead atoms. The summed E-state index contributed by atoms with van der Waals surface area (Å²) < 4.78 is 6.00. The second kappa shape index (κ2) is 10.1. The maximum atomic E-state index is 13.1. The van der Waals surface area contributed by atoms with E-state index in [1.165, 1.54) is 11.8 Å². The Kier molecular flexibility index (Phi) is 7.44. The number of aliphatic hydroxyl groups is 1. The van der Waals surface area contributed by atoms with Crippen LogP contribution >= 0.6 is 11.8 Å². The molecule has 1 atom stereocenters. The maximum absolute atomic E-state index is 13.1. The number of carboxylic acid groups (broad SMARTS) is 1. The van der Waals surface area contributed by atoms with E-state index in [-0.39, 0.29) is 29.4 Å². The molecule has 0 saturated carbocycles. The van der Waals surface area contributed by atoms with Crippen molar-refractivity contribution in [3.05, 3.63) is 76.4 Å². The van der Waals surface area contributed by atoms with Crippen LogP contribution in [0.2, 0.25) is 0 Å². The van der Waals surface area contributed by atoms with Gasteiger partial charge < -0.3 is 14.9 Å². The minimum absolute atomic E-state index is 0.0156. The van der Waals surface area contributed by atoms with E-state index in [9.17, 15) is 14.7 Å².